The van der Waals surface area contributed by atoms with Crippen LogP contribution in [0.2, 0.25) is 0 Å². The molecule has 2 aromatic rings. The van der Waals surface area contributed by atoms with Crippen LogP contribution in [0.1, 0.15) is 75.6 Å². The van der Waals surface area contributed by atoms with Crippen molar-refractivity contribution in [3.05, 3.63) is 83.0 Å². The summed E-state index contributed by atoms with van der Waals surface area (Å²) in [5.41, 5.74) is 3.85. The lowest BCUT2D eigenvalue weighted by Gasteiger charge is -2.30. The van der Waals surface area contributed by atoms with Crippen molar-refractivity contribution in [2.45, 2.75) is 85.0 Å². The molecule has 0 bridgehead atoms. The van der Waals surface area contributed by atoms with Crippen molar-refractivity contribution < 1.29 is 38.7 Å². The maximum atomic E-state index is 12.0. The number of aliphatic hydroxyl groups excluding tert-OH is 2. The standard InChI is InChI=1S/C34H46O8/c1-10-34(9,42-33(38)22(4)5)17-28(35)18-39-30-13-11-26(15-23(30)6)25(8)27-12-14-31(24(7)16-27)40-19-29(36)20-41-32(37)21(2)3/h11-16,25,28-29,35-36H,2,4,10,17-20H2,1,3,5-9H3/t25?,28?,29?,34-/m0/s1. The molecule has 2 N–H and O–H groups in total. The van der Waals surface area contributed by atoms with Gasteiger partial charge in [-0.25, -0.2) is 9.59 Å². The van der Waals surface area contributed by atoms with Gasteiger partial charge in [-0.15, -0.1) is 0 Å². The first-order chi connectivity index (χ1) is 19.7. The molecular formula is C34H46O8. The average Bonchev–Trinajstić information content (AvgIpc) is 2.93. The number of hydrogen-bond acceptors (Lipinski definition) is 8. The number of rotatable bonds is 16. The van der Waals surface area contributed by atoms with E-state index in [9.17, 15) is 19.8 Å². The fourth-order valence-electron chi connectivity index (χ4n) is 4.24. The Balaban J connectivity index is 1.97. The third-order valence-electron chi connectivity index (χ3n) is 7.12. The van der Waals surface area contributed by atoms with Gasteiger partial charge in [0.1, 0.15) is 43.0 Å². The molecule has 42 heavy (non-hydrogen) atoms. The van der Waals surface area contributed by atoms with E-state index in [1.165, 1.54) is 0 Å². The highest BCUT2D eigenvalue weighted by Crippen LogP contribution is 2.31. The summed E-state index contributed by atoms with van der Waals surface area (Å²) in [4.78, 5) is 23.5. The zero-order valence-corrected chi connectivity index (χ0v) is 26.0. The minimum atomic E-state index is -0.952. The summed E-state index contributed by atoms with van der Waals surface area (Å²) < 4.78 is 22.2. The number of hydrogen-bond donors (Lipinski definition) is 2. The fourth-order valence-corrected chi connectivity index (χ4v) is 4.24. The molecule has 0 aliphatic heterocycles. The van der Waals surface area contributed by atoms with Gasteiger partial charge in [0.25, 0.3) is 0 Å². The van der Waals surface area contributed by atoms with Crippen LogP contribution in [0.3, 0.4) is 0 Å². The highest BCUT2D eigenvalue weighted by molar-refractivity contribution is 5.87. The average molecular weight is 583 g/mol. The zero-order chi connectivity index (χ0) is 31.6. The molecule has 8 heteroatoms. The first kappa shape index (κ1) is 34.6. The Morgan fingerprint density at radius 3 is 1.74 bits per heavy atom. The Bertz CT molecular complexity index is 1270. The summed E-state index contributed by atoms with van der Waals surface area (Å²) in [6.45, 7) is 19.9. The number of aryl methyl sites for hydroxylation is 2. The summed E-state index contributed by atoms with van der Waals surface area (Å²) in [6.07, 6.45) is -0.971. The highest BCUT2D eigenvalue weighted by atomic mass is 16.6. The molecule has 0 aliphatic rings. The summed E-state index contributed by atoms with van der Waals surface area (Å²) in [5, 5.41) is 20.7. The molecule has 0 amide bonds. The molecule has 0 fully saturated rings. The molecule has 0 aromatic heterocycles. The Hall–Kier alpha value is -3.62. The molecule has 2 aromatic carbocycles. The van der Waals surface area contributed by atoms with Gasteiger partial charge >= 0.3 is 11.9 Å². The van der Waals surface area contributed by atoms with Crippen LogP contribution in [-0.4, -0.2) is 59.8 Å². The third-order valence-corrected chi connectivity index (χ3v) is 7.12. The van der Waals surface area contributed by atoms with E-state index in [2.05, 4.69) is 32.2 Å². The molecule has 0 heterocycles. The van der Waals surface area contributed by atoms with Crippen molar-refractivity contribution in [3.63, 3.8) is 0 Å². The van der Waals surface area contributed by atoms with Gasteiger partial charge < -0.3 is 29.2 Å². The number of ether oxygens (including phenoxy) is 4. The van der Waals surface area contributed by atoms with Crippen molar-refractivity contribution >= 4 is 11.9 Å². The monoisotopic (exact) mass is 582 g/mol. The molecular weight excluding hydrogens is 536 g/mol. The van der Waals surface area contributed by atoms with Crippen molar-refractivity contribution in [3.8, 4) is 11.5 Å². The number of carbonyl (C=O) groups excluding carboxylic acids is 2. The Morgan fingerprint density at radius 1 is 0.833 bits per heavy atom. The summed E-state index contributed by atoms with van der Waals surface area (Å²) >= 11 is 0. The van der Waals surface area contributed by atoms with Gasteiger partial charge in [0.2, 0.25) is 0 Å². The van der Waals surface area contributed by atoms with Gasteiger partial charge in [-0.3, -0.25) is 0 Å². The smallest absolute Gasteiger partial charge is 0.333 e. The van der Waals surface area contributed by atoms with E-state index in [-0.39, 0.29) is 37.7 Å². The van der Waals surface area contributed by atoms with Crippen molar-refractivity contribution in [1.29, 1.82) is 0 Å². The number of esters is 2. The van der Waals surface area contributed by atoms with Gasteiger partial charge in [0.05, 0.1) is 6.10 Å². The topological polar surface area (TPSA) is 112 Å². The Kier molecular flexibility index (Phi) is 12.8. The predicted octanol–water partition coefficient (Wildman–Crippen LogP) is 5.73. The fraction of sp³-hybridized carbons (Fsp3) is 0.471. The van der Waals surface area contributed by atoms with Crippen molar-refractivity contribution in [2.75, 3.05) is 19.8 Å². The molecule has 4 atom stereocenters. The SMILES string of the molecule is C=C(C)C(=O)OCC(O)COc1ccc(C(C)c2ccc(OCC(O)C[C@](C)(CC)OC(=O)C(=C)C)c(C)c2)cc1C. The van der Waals surface area contributed by atoms with Crippen LogP contribution in [0.25, 0.3) is 0 Å². The first-order valence-electron chi connectivity index (χ1n) is 14.2. The molecule has 0 radical (unpaired) electrons. The van der Waals surface area contributed by atoms with Crippen LogP contribution in [0.4, 0.5) is 0 Å². The lowest BCUT2D eigenvalue weighted by molar-refractivity contribution is -0.156. The summed E-state index contributed by atoms with van der Waals surface area (Å²) in [7, 11) is 0. The highest BCUT2D eigenvalue weighted by Gasteiger charge is 2.30. The Labute approximate surface area is 250 Å². The van der Waals surface area contributed by atoms with E-state index in [4.69, 9.17) is 18.9 Å². The third kappa shape index (κ3) is 10.3. The second-order valence-electron chi connectivity index (χ2n) is 11.3. The second-order valence-corrected chi connectivity index (χ2v) is 11.3. The van der Waals surface area contributed by atoms with Crippen LogP contribution >= 0.6 is 0 Å². The maximum Gasteiger partial charge on any atom is 0.333 e. The van der Waals surface area contributed by atoms with E-state index in [1.807, 2.05) is 45.0 Å². The maximum absolute atomic E-state index is 12.0. The van der Waals surface area contributed by atoms with Gasteiger partial charge in [0, 0.05) is 23.5 Å². The van der Waals surface area contributed by atoms with Crippen LogP contribution in [0.5, 0.6) is 11.5 Å². The van der Waals surface area contributed by atoms with E-state index < -0.39 is 29.7 Å². The molecule has 2 rings (SSSR count). The number of aliphatic hydroxyl groups is 2. The van der Waals surface area contributed by atoms with E-state index in [0.29, 0.717) is 23.5 Å². The van der Waals surface area contributed by atoms with Gasteiger partial charge in [-0.1, -0.05) is 51.3 Å². The van der Waals surface area contributed by atoms with Gasteiger partial charge in [0.15, 0.2) is 0 Å². The molecule has 0 saturated heterocycles. The molecule has 3 unspecified atom stereocenters. The van der Waals surface area contributed by atoms with E-state index in [1.54, 1.807) is 20.8 Å². The van der Waals surface area contributed by atoms with Gasteiger partial charge in [-0.2, -0.15) is 0 Å². The lowest BCUT2D eigenvalue weighted by Crippen LogP contribution is -2.37. The molecule has 0 aliphatic carbocycles. The van der Waals surface area contributed by atoms with Crippen LogP contribution in [-0.2, 0) is 19.1 Å². The minimum Gasteiger partial charge on any atom is -0.491 e. The van der Waals surface area contributed by atoms with Crippen LogP contribution in [0, 0.1) is 13.8 Å². The van der Waals surface area contributed by atoms with Crippen LogP contribution < -0.4 is 9.47 Å². The second kappa shape index (κ2) is 15.6. The molecule has 230 valence electrons. The van der Waals surface area contributed by atoms with E-state index in [0.717, 1.165) is 22.3 Å². The van der Waals surface area contributed by atoms with Crippen molar-refractivity contribution in [1.82, 2.24) is 0 Å². The molecule has 0 spiro atoms. The van der Waals surface area contributed by atoms with Crippen molar-refractivity contribution in [2.24, 2.45) is 0 Å². The summed E-state index contributed by atoms with van der Waals surface area (Å²) in [5.74, 6) is 0.395. The Morgan fingerprint density at radius 2 is 1.31 bits per heavy atom. The first-order valence-corrected chi connectivity index (χ1v) is 14.2. The molecule has 8 nitrogen and oxygen atoms in total. The zero-order valence-electron chi connectivity index (χ0n) is 26.0. The minimum absolute atomic E-state index is 0.00804. The van der Waals surface area contributed by atoms with Gasteiger partial charge in [-0.05, 0) is 75.4 Å². The lowest BCUT2D eigenvalue weighted by atomic mass is 9.91. The number of benzene rings is 2. The van der Waals surface area contributed by atoms with E-state index >= 15 is 0 Å². The quantitative estimate of drug-likeness (QED) is 0.191. The normalized spacial score (nSPS) is 14.6. The molecule has 0 saturated carbocycles. The van der Waals surface area contributed by atoms with Crippen LogP contribution in [0.15, 0.2) is 60.7 Å². The summed E-state index contributed by atoms with van der Waals surface area (Å²) in [6, 6.07) is 11.9. The largest absolute Gasteiger partial charge is 0.491 e. The predicted molar refractivity (Wildman–Crippen MR) is 163 cm³/mol. The number of carbonyl (C=O) groups is 2.